The fraction of sp³-hybridized carbons (Fsp3) is 0.192. The lowest BCUT2D eigenvalue weighted by Gasteiger charge is -2.23. The van der Waals surface area contributed by atoms with E-state index in [-0.39, 0.29) is 12.0 Å². The molecule has 4 heteroatoms. The number of nitrogens with zero attached hydrogens (tertiary/aromatic N) is 2. The van der Waals surface area contributed by atoms with Gasteiger partial charge in [0.2, 0.25) is 0 Å². The second-order valence-corrected chi connectivity index (χ2v) is 7.64. The van der Waals surface area contributed by atoms with E-state index >= 15 is 0 Å². The van der Waals surface area contributed by atoms with Crippen molar-refractivity contribution in [3.8, 4) is 11.3 Å². The first-order valence-corrected chi connectivity index (χ1v) is 10.4. The van der Waals surface area contributed by atoms with Crippen molar-refractivity contribution in [2.24, 2.45) is 0 Å². The first kappa shape index (κ1) is 18.8. The third-order valence-electron chi connectivity index (χ3n) is 5.54. The minimum absolute atomic E-state index is 0.0545. The van der Waals surface area contributed by atoms with Crippen LogP contribution >= 0.6 is 0 Å². The van der Waals surface area contributed by atoms with Crippen molar-refractivity contribution >= 4 is 23.1 Å². The number of rotatable bonds is 4. The van der Waals surface area contributed by atoms with Gasteiger partial charge in [0.1, 0.15) is 11.5 Å². The minimum atomic E-state index is -0.246. The number of halogens is 1. The van der Waals surface area contributed by atoms with Crippen LogP contribution in [-0.4, -0.2) is 16.4 Å². The summed E-state index contributed by atoms with van der Waals surface area (Å²) in [5.41, 5.74) is 5.05. The first-order chi connectivity index (χ1) is 14.8. The SMILES string of the molecule is Fc1ccc(-c2nn(C3CCCCO3)c3ccc(/C=C/c4ccccc4)cc23)cc1. The molecule has 4 aromatic rings. The molecule has 1 fully saturated rings. The molecule has 0 N–H and O–H groups in total. The molecular formula is C26H23FN2O. The Morgan fingerprint density at radius 2 is 1.70 bits per heavy atom. The zero-order valence-corrected chi connectivity index (χ0v) is 16.7. The Hall–Kier alpha value is -3.24. The Kier molecular flexibility index (Phi) is 5.16. The van der Waals surface area contributed by atoms with Gasteiger partial charge in [-0.1, -0.05) is 48.6 Å². The highest BCUT2D eigenvalue weighted by Crippen LogP contribution is 2.33. The number of hydrogen-bond donors (Lipinski definition) is 0. The average molecular weight is 398 g/mol. The molecule has 3 aromatic carbocycles. The van der Waals surface area contributed by atoms with Crippen LogP contribution in [0.3, 0.4) is 0 Å². The molecule has 0 saturated carbocycles. The summed E-state index contributed by atoms with van der Waals surface area (Å²) in [6, 6.07) is 23.1. The predicted molar refractivity (Wildman–Crippen MR) is 119 cm³/mol. The predicted octanol–water partition coefficient (Wildman–Crippen LogP) is 6.71. The number of benzene rings is 3. The Morgan fingerprint density at radius 3 is 2.47 bits per heavy atom. The van der Waals surface area contributed by atoms with Gasteiger partial charge in [0.25, 0.3) is 0 Å². The van der Waals surface area contributed by atoms with Gasteiger partial charge in [0.05, 0.1) is 5.52 Å². The van der Waals surface area contributed by atoms with Crippen LogP contribution in [0.25, 0.3) is 34.3 Å². The molecule has 1 saturated heterocycles. The Labute approximate surface area is 175 Å². The van der Waals surface area contributed by atoms with Gasteiger partial charge < -0.3 is 4.74 Å². The van der Waals surface area contributed by atoms with E-state index in [0.29, 0.717) is 0 Å². The summed E-state index contributed by atoms with van der Waals surface area (Å²) in [5, 5.41) is 5.96. The van der Waals surface area contributed by atoms with Crippen LogP contribution in [0.15, 0.2) is 72.8 Å². The molecule has 0 spiro atoms. The molecule has 1 atom stereocenters. The van der Waals surface area contributed by atoms with Gasteiger partial charge in [-0.3, -0.25) is 0 Å². The van der Waals surface area contributed by atoms with Crippen molar-refractivity contribution in [3.05, 3.63) is 89.7 Å². The summed E-state index contributed by atoms with van der Waals surface area (Å²) in [6.07, 6.45) is 7.34. The monoisotopic (exact) mass is 398 g/mol. The van der Waals surface area contributed by atoms with Crippen molar-refractivity contribution in [1.29, 1.82) is 0 Å². The average Bonchev–Trinajstić information content (AvgIpc) is 3.18. The maximum Gasteiger partial charge on any atom is 0.150 e. The normalized spacial score (nSPS) is 17.0. The lowest BCUT2D eigenvalue weighted by atomic mass is 10.0. The van der Waals surface area contributed by atoms with E-state index in [0.717, 1.165) is 59.2 Å². The van der Waals surface area contributed by atoms with Gasteiger partial charge in [0.15, 0.2) is 6.23 Å². The molecule has 3 nitrogen and oxygen atoms in total. The van der Waals surface area contributed by atoms with Crippen molar-refractivity contribution in [3.63, 3.8) is 0 Å². The van der Waals surface area contributed by atoms with E-state index in [1.54, 1.807) is 12.1 Å². The van der Waals surface area contributed by atoms with Crippen LogP contribution in [0.4, 0.5) is 4.39 Å². The largest absolute Gasteiger partial charge is 0.356 e. The van der Waals surface area contributed by atoms with Gasteiger partial charge in [0, 0.05) is 17.6 Å². The fourth-order valence-corrected chi connectivity index (χ4v) is 3.98. The Morgan fingerprint density at radius 1 is 0.900 bits per heavy atom. The molecule has 1 aromatic heterocycles. The van der Waals surface area contributed by atoms with Crippen molar-refractivity contribution in [2.45, 2.75) is 25.5 Å². The third kappa shape index (κ3) is 3.79. The van der Waals surface area contributed by atoms with Crippen molar-refractivity contribution in [2.75, 3.05) is 6.61 Å². The van der Waals surface area contributed by atoms with Crippen LogP contribution in [-0.2, 0) is 4.74 Å². The standard InChI is InChI=1S/C26H23FN2O/c27-22-14-12-21(13-15-22)26-23-18-20(10-9-19-6-2-1-3-7-19)11-16-24(23)29(28-26)25-8-4-5-17-30-25/h1-3,6-7,9-16,18,25H,4-5,8,17H2/b10-9+. The second-order valence-electron chi connectivity index (χ2n) is 7.64. The smallest absolute Gasteiger partial charge is 0.150 e. The summed E-state index contributed by atoms with van der Waals surface area (Å²) >= 11 is 0. The third-order valence-corrected chi connectivity index (χ3v) is 5.54. The lowest BCUT2D eigenvalue weighted by Crippen LogP contribution is -2.19. The topological polar surface area (TPSA) is 27.1 Å². The molecule has 0 aliphatic carbocycles. The number of hydrogen-bond acceptors (Lipinski definition) is 2. The molecule has 1 aliphatic rings. The van der Waals surface area contributed by atoms with Crippen LogP contribution in [0, 0.1) is 5.82 Å². The maximum absolute atomic E-state index is 13.5. The number of ether oxygens (including phenoxy) is 1. The molecule has 1 aliphatic heterocycles. The van der Waals surface area contributed by atoms with E-state index in [1.165, 1.54) is 12.1 Å². The molecule has 30 heavy (non-hydrogen) atoms. The van der Waals surface area contributed by atoms with Gasteiger partial charge >= 0.3 is 0 Å². The van der Waals surface area contributed by atoms with E-state index in [2.05, 4.69) is 42.5 Å². The molecule has 1 unspecified atom stereocenters. The van der Waals surface area contributed by atoms with Crippen LogP contribution in [0.5, 0.6) is 0 Å². The molecule has 2 heterocycles. The lowest BCUT2D eigenvalue weighted by molar-refractivity contribution is -0.0365. The van der Waals surface area contributed by atoms with Gasteiger partial charge in [-0.15, -0.1) is 0 Å². The molecule has 150 valence electrons. The summed E-state index contributed by atoms with van der Waals surface area (Å²) in [6.45, 7) is 0.760. The Bertz CT molecular complexity index is 1170. The summed E-state index contributed by atoms with van der Waals surface area (Å²) in [5.74, 6) is -0.246. The highest BCUT2D eigenvalue weighted by atomic mass is 19.1. The zero-order chi connectivity index (χ0) is 20.3. The highest BCUT2D eigenvalue weighted by Gasteiger charge is 2.21. The molecule has 0 bridgehead atoms. The number of aromatic nitrogens is 2. The van der Waals surface area contributed by atoms with E-state index in [9.17, 15) is 4.39 Å². The van der Waals surface area contributed by atoms with Crippen molar-refractivity contribution in [1.82, 2.24) is 9.78 Å². The van der Waals surface area contributed by atoms with Crippen molar-refractivity contribution < 1.29 is 9.13 Å². The highest BCUT2D eigenvalue weighted by molar-refractivity contribution is 5.95. The molecule has 0 amide bonds. The fourth-order valence-electron chi connectivity index (χ4n) is 3.98. The quantitative estimate of drug-likeness (QED) is 0.357. The Balaban J connectivity index is 1.60. The molecular weight excluding hydrogens is 375 g/mol. The van der Waals surface area contributed by atoms with Gasteiger partial charge in [-0.05, 0) is 66.8 Å². The van der Waals surface area contributed by atoms with Gasteiger partial charge in [-0.2, -0.15) is 5.10 Å². The van der Waals surface area contributed by atoms with Crippen LogP contribution in [0.2, 0.25) is 0 Å². The minimum Gasteiger partial charge on any atom is -0.356 e. The molecule has 0 radical (unpaired) electrons. The summed E-state index contributed by atoms with van der Waals surface area (Å²) in [7, 11) is 0. The maximum atomic E-state index is 13.5. The first-order valence-electron chi connectivity index (χ1n) is 10.4. The van der Waals surface area contributed by atoms with Gasteiger partial charge in [-0.25, -0.2) is 9.07 Å². The molecule has 5 rings (SSSR count). The van der Waals surface area contributed by atoms with E-state index in [1.807, 2.05) is 22.9 Å². The van der Waals surface area contributed by atoms with Crippen LogP contribution in [0.1, 0.15) is 36.6 Å². The second kappa shape index (κ2) is 8.25. The van der Waals surface area contributed by atoms with E-state index in [4.69, 9.17) is 9.84 Å². The number of fused-ring (bicyclic) bond motifs is 1. The van der Waals surface area contributed by atoms with E-state index < -0.39 is 0 Å². The summed E-state index contributed by atoms with van der Waals surface area (Å²) < 4.78 is 21.5. The summed E-state index contributed by atoms with van der Waals surface area (Å²) in [4.78, 5) is 0. The zero-order valence-electron chi connectivity index (χ0n) is 16.7. The van der Waals surface area contributed by atoms with Crippen LogP contribution < -0.4 is 0 Å².